The lowest BCUT2D eigenvalue weighted by Crippen LogP contribution is -2.37. The molecule has 27 heavy (non-hydrogen) atoms. The predicted molar refractivity (Wildman–Crippen MR) is 99.1 cm³/mol. The molecule has 1 N–H and O–H groups in total. The maximum Gasteiger partial charge on any atom is 0.273 e. The van der Waals surface area contributed by atoms with Crippen LogP contribution in [0.3, 0.4) is 0 Å². The maximum absolute atomic E-state index is 12.5. The number of nitrogens with one attached hydrogen (secondary N) is 1. The number of hydrogen-bond donors (Lipinski definition) is 1. The van der Waals surface area contributed by atoms with Gasteiger partial charge in [-0.2, -0.15) is 0 Å². The quantitative estimate of drug-likeness (QED) is 0.644. The van der Waals surface area contributed by atoms with Crippen molar-refractivity contribution in [1.29, 1.82) is 0 Å². The predicted octanol–water partition coefficient (Wildman–Crippen LogP) is 2.45. The van der Waals surface area contributed by atoms with Crippen LogP contribution in [0.4, 0.5) is 11.4 Å². The number of hydrogen-bond acceptors (Lipinski definition) is 5. The molecule has 0 spiro atoms. The Morgan fingerprint density at radius 1 is 1.26 bits per heavy atom. The van der Waals surface area contributed by atoms with Crippen molar-refractivity contribution in [2.45, 2.75) is 19.4 Å². The monoisotopic (exact) mass is 369 g/mol. The number of carbonyl (C=O) groups excluding carboxylic acids is 2. The molecule has 140 valence electrons. The fraction of sp³-hybridized carbons (Fsp3) is 0.263. The Morgan fingerprint density at radius 2 is 1.96 bits per heavy atom. The van der Waals surface area contributed by atoms with Crippen molar-refractivity contribution in [3.63, 3.8) is 0 Å². The second-order valence-corrected chi connectivity index (χ2v) is 6.28. The van der Waals surface area contributed by atoms with Gasteiger partial charge in [0.2, 0.25) is 5.91 Å². The zero-order chi connectivity index (χ0) is 19.6. The van der Waals surface area contributed by atoms with Crippen LogP contribution in [0.25, 0.3) is 0 Å². The summed E-state index contributed by atoms with van der Waals surface area (Å²) in [6, 6.07) is 11.1. The van der Waals surface area contributed by atoms with Gasteiger partial charge in [0.1, 0.15) is 5.75 Å². The number of rotatable bonds is 5. The van der Waals surface area contributed by atoms with E-state index in [-0.39, 0.29) is 29.6 Å². The minimum Gasteiger partial charge on any atom is -0.497 e. The van der Waals surface area contributed by atoms with Crippen LogP contribution in [0, 0.1) is 17.0 Å². The van der Waals surface area contributed by atoms with Crippen LogP contribution < -0.4 is 15.0 Å². The van der Waals surface area contributed by atoms with Gasteiger partial charge in [-0.1, -0.05) is 6.07 Å². The highest BCUT2D eigenvalue weighted by Crippen LogP contribution is 2.25. The van der Waals surface area contributed by atoms with Gasteiger partial charge in [0.25, 0.3) is 11.6 Å². The van der Waals surface area contributed by atoms with Gasteiger partial charge < -0.3 is 15.0 Å². The summed E-state index contributed by atoms with van der Waals surface area (Å²) in [5.41, 5.74) is 1.16. The van der Waals surface area contributed by atoms with Crippen LogP contribution in [-0.4, -0.2) is 36.4 Å². The van der Waals surface area contributed by atoms with Gasteiger partial charge in [0.05, 0.1) is 18.1 Å². The fourth-order valence-electron chi connectivity index (χ4n) is 3.15. The fourth-order valence-corrected chi connectivity index (χ4v) is 3.15. The number of carbonyl (C=O) groups is 2. The van der Waals surface area contributed by atoms with Crippen LogP contribution in [0.2, 0.25) is 0 Å². The minimum absolute atomic E-state index is 0.0961. The van der Waals surface area contributed by atoms with Gasteiger partial charge in [-0.25, -0.2) is 0 Å². The van der Waals surface area contributed by atoms with Crippen LogP contribution in [0.1, 0.15) is 22.3 Å². The summed E-state index contributed by atoms with van der Waals surface area (Å²) in [7, 11) is 1.57. The van der Waals surface area contributed by atoms with Gasteiger partial charge in [-0.15, -0.1) is 0 Å². The van der Waals surface area contributed by atoms with Crippen LogP contribution in [0.15, 0.2) is 42.5 Å². The lowest BCUT2D eigenvalue weighted by atomic mass is 10.1. The first-order valence-corrected chi connectivity index (χ1v) is 8.40. The molecule has 3 rings (SSSR count). The third-order valence-electron chi connectivity index (χ3n) is 4.59. The minimum atomic E-state index is -0.517. The summed E-state index contributed by atoms with van der Waals surface area (Å²) in [6.07, 6.45) is 0.172. The molecule has 1 atom stereocenters. The van der Waals surface area contributed by atoms with Crippen molar-refractivity contribution in [2.75, 3.05) is 18.6 Å². The number of methoxy groups -OCH3 is 1. The molecule has 0 radical (unpaired) electrons. The Bertz CT molecular complexity index is 895. The lowest BCUT2D eigenvalue weighted by molar-refractivity contribution is -0.385. The zero-order valence-electron chi connectivity index (χ0n) is 15.0. The maximum atomic E-state index is 12.5. The SMILES string of the molecule is COc1ccc(N2C[C@@H](NC(=O)c3cccc([N+](=O)[O-])c3C)CC2=O)cc1. The zero-order valence-corrected chi connectivity index (χ0v) is 15.0. The van der Waals surface area contributed by atoms with E-state index < -0.39 is 10.8 Å². The number of amides is 2. The summed E-state index contributed by atoms with van der Waals surface area (Å²) in [4.78, 5) is 37.0. The highest BCUT2D eigenvalue weighted by molar-refractivity contribution is 6.00. The average molecular weight is 369 g/mol. The van der Waals surface area contributed by atoms with Gasteiger partial charge in [0, 0.05) is 35.8 Å². The number of nitro groups is 1. The number of anilines is 1. The molecule has 1 heterocycles. The molecule has 0 bridgehead atoms. The van der Waals surface area contributed by atoms with E-state index in [1.165, 1.54) is 25.1 Å². The molecule has 8 nitrogen and oxygen atoms in total. The molecule has 0 saturated carbocycles. The molecular formula is C19H19N3O5. The highest BCUT2D eigenvalue weighted by atomic mass is 16.6. The smallest absolute Gasteiger partial charge is 0.273 e. The molecule has 2 amide bonds. The largest absolute Gasteiger partial charge is 0.497 e. The van der Waals surface area contributed by atoms with Crippen LogP contribution in [-0.2, 0) is 4.79 Å². The summed E-state index contributed by atoms with van der Waals surface area (Å²) >= 11 is 0. The van der Waals surface area contributed by atoms with E-state index in [0.29, 0.717) is 17.9 Å². The normalized spacial score (nSPS) is 16.3. The van der Waals surface area contributed by atoms with E-state index in [2.05, 4.69) is 5.32 Å². The molecule has 2 aromatic rings. The number of benzene rings is 2. The molecule has 1 aliphatic heterocycles. The van der Waals surface area contributed by atoms with E-state index in [1.54, 1.807) is 36.3 Å². The van der Waals surface area contributed by atoms with Crippen LogP contribution in [0.5, 0.6) is 5.75 Å². The Kier molecular flexibility index (Phi) is 5.07. The van der Waals surface area contributed by atoms with E-state index in [4.69, 9.17) is 4.74 Å². The lowest BCUT2D eigenvalue weighted by Gasteiger charge is -2.18. The first-order chi connectivity index (χ1) is 12.9. The number of nitro benzene ring substituents is 1. The standard InChI is InChI=1S/C19H19N3O5/c1-12-16(4-3-5-17(12)22(25)26)19(24)20-13-10-18(23)21(11-13)14-6-8-15(27-2)9-7-14/h3-9,13H,10-11H2,1-2H3,(H,20,24)/t13-/m0/s1. The van der Waals surface area contributed by atoms with Crippen molar-refractivity contribution in [2.24, 2.45) is 0 Å². The molecule has 2 aromatic carbocycles. The first kappa shape index (κ1) is 18.4. The Balaban J connectivity index is 1.72. The second-order valence-electron chi connectivity index (χ2n) is 6.28. The second kappa shape index (κ2) is 7.45. The number of ether oxygens (including phenoxy) is 1. The van der Waals surface area contributed by atoms with Crippen molar-refractivity contribution in [3.8, 4) is 5.75 Å². The van der Waals surface area contributed by atoms with Gasteiger partial charge in [0.15, 0.2) is 0 Å². The summed E-state index contributed by atoms with van der Waals surface area (Å²) in [5, 5.41) is 13.8. The van der Waals surface area contributed by atoms with Crippen molar-refractivity contribution >= 4 is 23.2 Å². The topological polar surface area (TPSA) is 102 Å². The summed E-state index contributed by atoms with van der Waals surface area (Å²) < 4.78 is 5.11. The third kappa shape index (κ3) is 3.74. The van der Waals surface area contributed by atoms with Crippen molar-refractivity contribution in [1.82, 2.24) is 5.32 Å². The van der Waals surface area contributed by atoms with E-state index >= 15 is 0 Å². The van der Waals surface area contributed by atoms with Gasteiger partial charge >= 0.3 is 0 Å². The van der Waals surface area contributed by atoms with Crippen LogP contribution >= 0.6 is 0 Å². The molecule has 0 unspecified atom stereocenters. The van der Waals surface area contributed by atoms with Gasteiger partial charge in [-0.05, 0) is 37.3 Å². The Labute approximate surface area is 155 Å². The average Bonchev–Trinajstić information content (AvgIpc) is 3.01. The van der Waals surface area contributed by atoms with Crippen molar-refractivity contribution < 1.29 is 19.2 Å². The molecule has 0 aliphatic carbocycles. The van der Waals surface area contributed by atoms with E-state index in [9.17, 15) is 19.7 Å². The van der Waals surface area contributed by atoms with E-state index in [1.807, 2.05) is 0 Å². The Morgan fingerprint density at radius 3 is 2.59 bits per heavy atom. The molecular weight excluding hydrogens is 350 g/mol. The third-order valence-corrected chi connectivity index (χ3v) is 4.59. The van der Waals surface area contributed by atoms with Gasteiger partial charge in [-0.3, -0.25) is 19.7 Å². The number of nitrogens with zero attached hydrogens (tertiary/aromatic N) is 2. The summed E-state index contributed by atoms with van der Waals surface area (Å²) in [6.45, 7) is 1.88. The van der Waals surface area contributed by atoms with E-state index in [0.717, 1.165) is 5.69 Å². The highest BCUT2D eigenvalue weighted by Gasteiger charge is 2.32. The molecule has 8 heteroatoms. The molecule has 0 aromatic heterocycles. The van der Waals surface area contributed by atoms with Crippen molar-refractivity contribution in [3.05, 3.63) is 63.7 Å². The summed E-state index contributed by atoms with van der Waals surface area (Å²) in [5.74, 6) is 0.170. The Hall–Kier alpha value is -3.42. The first-order valence-electron chi connectivity index (χ1n) is 8.40. The molecule has 1 fully saturated rings. The molecule has 1 aliphatic rings. The molecule has 1 saturated heterocycles.